The molecular weight excluding hydrogens is 330 g/mol. The third kappa shape index (κ3) is 4.55. The molecule has 0 aromatic heterocycles. The van der Waals surface area contributed by atoms with Gasteiger partial charge in [0, 0.05) is 18.9 Å². The molecule has 5 heteroatoms. The molecule has 26 heavy (non-hydrogen) atoms. The molecule has 1 N–H and O–H groups in total. The first kappa shape index (κ1) is 18.3. The molecule has 3 rings (SSSR count). The van der Waals surface area contributed by atoms with Crippen molar-refractivity contribution in [3.63, 3.8) is 0 Å². The van der Waals surface area contributed by atoms with Crippen LogP contribution in [0.3, 0.4) is 0 Å². The number of ether oxygens (including phenoxy) is 3. The van der Waals surface area contributed by atoms with Crippen LogP contribution in [0.2, 0.25) is 0 Å². The summed E-state index contributed by atoms with van der Waals surface area (Å²) in [6.45, 7) is 1.94. The lowest BCUT2D eigenvalue weighted by molar-refractivity contribution is -0.164. The number of carbonyl (C=O) groups is 1. The monoisotopic (exact) mass is 355 g/mol. The normalized spacial score (nSPS) is 15.9. The van der Waals surface area contributed by atoms with Crippen molar-refractivity contribution in [1.82, 2.24) is 5.32 Å². The summed E-state index contributed by atoms with van der Waals surface area (Å²) in [6.07, 6.45) is 1.76. The molecule has 2 aromatic rings. The van der Waals surface area contributed by atoms with Crippen molar-refractivity contribution in [1.29, 1.82) is 0 Å². The molecule has 0 spiro atoms. The number of benzene rings is 2. The fourth-order valence-electron chi connectivity index (χ4n) is 3.23. The fraction of sp³-hybridized carbons (Fsp3) is 0.381. The zero-order chi connectivity index (χ0) is 18.2. The van der Waals surface area contributed by atoms with Gasteiger partial charge < -0.3 is 19.5 Å². The van der Waals surface area contributed by atoms with Gasteiger partial charge in [-0.2, -0.15) is 0 Å². The van der Waals surface area contributed by atoms with Gasteiger partial charge in [0.1, 0.15) is 17.1 Å². The molecule has 0 atom stereocenters. The fourth-order valence-corrected chi connectivity index (χ4v) is 3.23. The third-order valence-electron chi connectivity index (χ3n) is 4.64. The van der Waals surface area contributed by atoms with Crippen molar-refractivity contribution in [2.24, 2.45) is 0 Å². The van der Waals surface area contributed by atoms with E-state index >= 15 is 0 Å². The van der Waals surface area contributed by atoms with E-state index in [0.29, 0.717) is 5.75 Å². The molecule has 1 fully saturated rings. The lowest BCUT2D eigenvalue weighted by Gasteiger charge is -2.37. The first-order valence-corrected chi connectivity index (χ1v) is 8.97. The highest BCUT2D eigenvalue weighted by atomic mass is 16.6. The lowest BCUT2D eigenvalue weighted by Crippen LogP contribution is -2.43. The SMILES string of the molecule is COc1cccc(OCCC(=O)OC2(c3ccccc3)CCNCC2)c1. The van der Waals surface area contributed by atoms with Gasteiger partial charge in [-0.25, -0.2) is 0 Å². The Morgan fingerprint density at radius 2 is 1.77 bits per heavy atom. The van der Waals surface area contributed by atoms with Crippen molar-refractivity contribution in [3.05, 3.63) is 60.2 Å². The Hall–Kier alpha value is -2.53. The largest absolute Gasteiger partial charge is 0.497 e. The van der Waals surface area contributed by atoms with Crippen LogP contribution in [-0.2, 0) is 15.1 Å². The maximum atomic E-state index is 12.5. The molecule has 1 heterocycles. The average molecular weight is 355 g/mol. The zero-order valence-corrected chi connectivity index (χ0v) is 15.1. The number of esters is 1. The lowest BCUT2D eigenvalue weighted by atomic mass is 9.85. The maximum Gasteiger partial charge on any atom is 0.310 e. The summed E-state index contributed by atoms with van der Waals surface area (Å²) in [6, 6.07) is 17.3. The number of piperidine rings is 1. The second-order valence-electron chi connectivity index (χ2n) is 6.36. The minimum Gasteiger partial charge on any atom is -0.497 e. The van der Waals surface area contributed by atoms with Crippen LogP contribution in [0.15, 0.2) is 54.6 Å². The number of nitrogens with one attached hydrogen (secondary N) is 1. The number of methoxy groups -OCH3 is 1. The highest BCUT2D eigenvalue weighted by molar-refractivity contribution is 5.70. The van der Waals surface area contributed by atoms with Crippen molar-refractivity contribution in [2.45, 2.75) is 24.9 Å². The van der Waals surface area contributed by atoms with Crippen LogP contribution in [0, 0.1) is 0 Å². The van der Waals surface area contributed by atoms with Gasteiger partial charge in [0.2, 0.25) is 0 Å². The van der Waals surface area contributed by atoms with Crippen molar-refractivity contribution >= 4 is 5.97 Å². The van der Waals surface area contributed by atoms with E-state index in [1.54, 1.807) is 13.2 Å². The van der Waals surface area contributed by atoms with Crippen molar-refractivity contribution < 1.29 is 19.0 Å². The van der Waals surface area contributed by atoms with E-state index in [2.05, 4.69) is 5.32 Å². The van der Waals surface area contributed by atoms with E-state index in [1.165, 1.54) is 0 Å². The summed E-state index contributed by atoms with van der Waals surface area (Å²) in [7, 11) is 1.61. The van der Waals surface area contributed by atoms with E-state index in [1.807, 2.05) is 48.5 Å². The topological polar surface area (TPSA) is 56.8 Å². The quantitative estimate of drug-likeness (QED) is 0.773. The van der Waals surface area contributed by atoms with Gasteiger partial charge >= 0.3 is 5.97 Å². The highest BCUT2D eigenvalue weighted by Gasteiger charge is 2.37. The first-order valence-electron chi connectivity index (χ1n) is 8.97. The number of rotatable bonds is 7. The van der Waals surface area contributed by atoms with Gasteiger partial charge in [-0.05, 0) is 30.8 Å². The smallest absolute Gasteiger partial charge is 0.310 e. The Morgan fingerprint density at radius 3 is 2.50 bits per heavy atom. The molecule has 2 aromatic carbocycles. The van der Waals surface area contributed by atoms with Crippen molar-refractivity contribution in [3.8, 4) is 11.5 Å². The van der Waals surface area contributed by atoms with E-state index in [9.17, 15) is 4.79 Å². The Kier molecular flexibility index (Phi) is 6.12. The molecule has 1 saturated heterocycles. The molecule has 138 valence electrons. The van der Waals surface area contributed by atoms with Crippen molar-refractivity contribution in [2.75, 3.05) is 26.8 Å². The third-order valence-corrected chi connectivity index (χ3v) is 4.64. The molecule has 0 unspecified atom stereocenters. The summed E-state index contributed by atoms with van der Waals surface area (Å²) in [5.74, 6) is 1.17. The van der Waals surface area contributed by atoms with Crippen LogP contribution >= 0.6 is 0 Å². The average Bonchev–Trinajstić information content (AvgIpc) is 2.69. The van der Waals surface area contributed by atoms with Gasteiger partial charge in [0.05, 0.1) is 20.1 Å². The number of hydrogen-bond donors (Lipinski definition) is 1. The summed E-state index contributed by atoms with van der Waals surface area (Å²) >= 11 is 0. The van der Waals surface area contributed by atoms with Gasteiger partial charge in [-0.15, -0.1) is 0 Å². The molecule has 0 aliphatic carbocycles. The van der Waals surface area contributed by atoms with Gasteiger partial charge in [0.15, 0.2) is 0 Å². The Bertz CT molecular complexity index is 711. The van der Waals surface area contributed by atoms with E-state index in [4.69, 9.17) is 14.2 Å². The second-order valence-corrected chi connectivity index (χ2v) is 6.36. The predicted octanol–water partition coefficient (Wildman–Crippen LogP) is 3.29. The first-order chi connectivity index (χ1) is 12.7. The van der Waals surface area contributed by atoms with Crippen LogP contribution in [0.4, 0.5) is 0 Å². The predicted molar refractivity (Wildman–Crippen MR) is 99.4 cm³/mol. The molecule has 0 saturated carbocycles. The zero-order valence-electron chi connectivity index (χ0n) is 15.1. The summed E-state index contributed by atoms with van der Waals surface area (Å²) < 4.78 is 16.8. The van der Waals surface area contributed by atoms with Gasteiger partial charge in [-0.1, -0.05) is 36.4 Å². The second kappa shape index (κ2) is 8.72. The number of hydrogen-bond acceptors (Lipinski definition) is 5. The highest BCUT2D eigenvalue weighted by Crippen LogP contribution is 2.35. The molecule has 1 aliphatic heterocycles. The maximum absolute atomic E-state index is 12.5. The molecule has 5 nitrogen and oxygen atoms in total. The van der Waals surface area contributed by atoms with Crippen LogP contribution in [0.25, 0.3) is 0 Å². The molecule has 0 radical (unpaired) electrons. The van der Waals surface area contributed by atoms with E-state index in [-0.39, 0.29) is 19.0 Å². The standard InChI is InChI=1S/C21H25NO4/c1-24-18-8-5-9-19(16-18)25-15-10-20(23)26-21(11-13-22-14-12-21)17-6-3-2-4-7-17/h2-9,16,22H,10-15H2,1H3. The summed E-state index contributed by atoms with van der Waals surface area (Å²) in [4.78, 5) is 12.5. The summed E-state index contributed by atoms with van der Waals surface area (Å²) in [5.41, 5.74) is 0.517. The van der Waals surface area contributed by atoms with E-state index in [0.717, 1.165) is 37.2 Å². The molecular formula is C21H25NO4. The Labute approximate surface area is 154 Å². The minimum atomic E-state index is -0.542. The van der Waals surface area contributed by atoms with Crippen LogP contribution < -0.4 is 14.8 Å². The van der Waals surface area contributed by atoms with Gasteiger partial charge in [0.25, 0.3) is 0 Å². The van der Waals surface area contributed by atoms with Crippen LogP contribution in [0.1, 0.15) is 24.8 Å². The molecule has 0 amide bonds. The Balaban J connectivity index is 1.58. The summed E-state index contributed by atoms with van der Waals surface area (Å²) in [5, 5.41) is 3.33. The number of carbonyl (C=O) groups excluding carboxylic acids is 1. The Morgan fingerprint density at radius 1 is 1.04 bits per heavy atom. The van der Waals surface area contributed by atoms with Crippen LogP contribution in [0.5, 0.6) is 11.5 Å². The van der Waals surface area contributed by atoms with Gasteiger partial charge in [-0.3, -0.25) is 4.79 Å². The molecule has 1 aliphatic rings. The van der Waals surface area contributed by atoms with Crippen LogP contribution in [-0.4, -0.2) is 32.8 Å². The van der Waals surface area contributed by atoms with E-state index < -0.39 is 5.60 Å². The molecule has 0 bridgehead atoms. The minimum absolute atomic E-state index is 0.208.